The lowest BCUT2D eigenvalue weighted by Gasteiger charge is -2.31. The van der Waals surface area contributed by atoms with Gasteiger partial charge < -0.3 is 15.2 Å². The number of imidazole rings is 1. The number of rotatable bonds is 2. The van der Waals surface area contributed by atoms with Gasteiger partial charge in [0, 0.05) is 37.7 Å². The first-order valence-electron chi connectivity index (χ1n) is 7.23. The summed E-state index contributed by atoms with van der Waals surface area (Å²) < 4.78 is 2.27. The molecular weight excluding hydrogens is 224 g/mol. The predicted molar refractivity (Wildman–Crippen MR) is 72.5 cm³/mol. The molecule has 0 amide bonds. The van der Waals surface area contributed by atoms with Crippen molar-refractivity contribution in [1.29, 1.82) is 0 Å². The highest BCUT2D eigenvalue weighted by Gasteiger charge is 2.22. The second-order valence-electron chi connectivity index (χ2n) is 5.93. The minimum absolute atomic E-state index is 0.317. The molecule has 1 aromatic rings. The maximum Gasteiger partial charge on any atom is 0.109 e. The van der Waals surface area contributed by atoms with Gasteiger partial charge >= 0.3 is 0 Å². The maximum absolute atomic E-state index is 6.01. The minimum Gasteiger partial charge on any atom is -0.333 e. The molecule has 1 fully saturated rings. The van der Waals surface area contributed by atoms with Crippen molar-refractivity contribution in [2.24, 2.45) is 5.73 Å². The molecule has 2 aliphatic rings. The van der Waals surface area contributed by atoms with E-state index in [1.807, 2.05) is 0 Å². The molecule has 0 spiro atoms. The molecule has 0 aliphatic carbocycles. The van der Waals surface area contributed by atoms with Gasteiger partial charge in [0.2, 0.25) is 0 Å². The Labute approximate surface area is 109 Å². The van der Waals surface area contributed by atoms with E-state index in [1.54, 1.807) is 0 Å². The summed E-state index contributed by atoms with van der Waals surface area (Å²) in [6.07, 6.45) is 9.50. The summed E-state index contributed by atoms with van der Waals surface area (Å²) in [5.74, 6) is 1.24. The molecule has 2 N–H and O–H groups in total. The minimum atomic E-state index is 0.317. The number of aromatic nitrogens is 2. The number of piperidine rings is 1. The molecular formula is C14H24N4. The fraction of sp³-hybridized carbons (Fsp3) is 0.786. The fourth-order valence-corrected chi connectivity index (χ4v) is 3.27. The van der Waals surface area contributed by atoms with E-state index in [0.29, 0.717) is 12.1 Å². The molecule has 0 saturated carbocycles. The van der Waals surface area contributed by atoms with Crippen molar-refractivity contribution in [2.75, 3.05) is 13.6 Å². The molecule has 0 aromatic carbocycles. The van der Waals surface area contributed by atoms with E-state index >= 15 is 0 Å². The highest BCUT2D eigenvalue weighted by atomic mass is 15.1. The van der Waals surface area contributed by atoms with Gasteiger partial charge in [-0.05, 0) is 32.9 Å². The van der Waals surface area contributed by atoms with Crippen molar-refractivity contribution in [2.45, 2.75) is 57.2 Å². The van der Waals surface area contributed by atoms with Crippen LogP contribution in [0.2, 0.25) is 0 Å². The average molecular weight is 248 g/mol. The zero-order valence-corrected chi connectivity index (χ0v) is 11.3. The quantitative estimate of drug-likeness (QED) is 0.855. The van der Waals surface area contributed by atoms with E-state index in [4.69, 9.17) is 10.7 Å². The van der Waals surface area contributed by atoms with Crippen LogP contribution >= 0.6 is 0 Å². The largest absolute Gasteiger partial charge is 0.333 e. The Morgan fingerprint density at radius 3 is 3.11 bits per heavy atom. The molecule has 100 valence electrons. The molecule has 0 radical (unpaired) electrons. The van der Waals surface area contributed by atoms with Crippen LogP contribution < -0.4 is 5.73 Å². The van der Waals surface area contributed by atoms with Gasteiger partial charge in [-0.15, -0.1) is 0 Å². The van der Waals surface area contributed by atoms with E-state index in [2.05, 4.69) is 22.7 Å². The number of nitrogens with two attached hydrogens (primary N) is 1. The van der Waals surface area contributed by atoms with Crippen LogP contribution in [0.5, 0.6) is 0 Å². The number of hydrogen-bond donors (Lipinski definition) is 1. The Balaban J connectivity index is 1.69. The Morgan fingerprint density at radius 1 is 1.39 bits per heavy atom. The number of likely N-dealkylation sites (tertiary alicyclic amines) is 1. The van der Waals surface area contributed by atoms with Crippen molar-refractivity contribution in [3.8, 4) is 0 Å². The summed E-state index contributed by atoms with van der Waals surface area (Å²) in [6.45, 7) is 2.19. The van der Waals surface area contributed by atoms with Crippen LogP contribution in [-0.4, -0.2) is 40.1 Å². The summed E-state index contributed by atoms with van der Waals surface area (Å²) in [5.41, 5.74) is 7.27. The van der Waals surface area contributed by atoms with Crippen LogP contribution in [0.15, 0.2) is 6.20 Å². The third-order valence-electron chi connectivity index (χ3n) is 4.45. The lowest BCUT2D eigenvalue weighted by atomic mass is 9.99. The lowest BCUT2D eigenvalue weighted by Crippen LogP contribution is -2.37. The van der Waals surface area contributed by atoms with E-state index in [-0.39, 0.29) is 0 Å². The van der Waals surface area contributed by atoms with Crippen molar-refractivity contribution in [3.05, 3.63) is 17.7 Å². The van der Waals surface area contributed by atoms with Crippen LogP contribution in [-0.2, 0) is 19.4 Å². The Kier molecular flexibility index (Phi) is 3.39. The van der Waals surface area contributed by atoms with Crippen LogP contribution in [0.4, 0.5) is 0 Å². The fourth-order valence-electron chi connectivity index (χ4n) is 3.27. The molecule has 1 aromatic heterocycles. The number of aryl methyl sites for hydroxylation is 1. The van der Waals surface area contributed by atoms with Gasteiger partial charge in [0.25, 0.3) is 0 Å². The number of nitrogens with zero attached hydrogens (tertiary/aromatic N) is 3. The summed E-state index contributed by atoms with van der Waals surface area (Å²) in [6, 6.07) is 1.00. The predicted octanol–water partition coefficient (Wildman–Crippen LogP) is 1.18. The first-order chi connectivity index (χ1) is 8.72. The second-order valence-corrected chi connectivity index (χ2v) is 5.93. The van der Waals surface area contributed by atoms with Gasteiger partial charge in [0.15, 0.2) is 0 Å². The van der Waals surface area contributed by atoms with Gasteiger partial charge in [-0.3, -0.25) is 0 Å². The summed E-state index contributed by atoms with van der Waals surface area (Å²) in [5, 5.41) is 0. The molecule has 2 aliphatic heterocycles. The van der Waals surface area contributed by atoms with Crippen molar-refractivity contribution in [3.63, 3.8) is 0 Å². The molecule has 2 atom stereocenters. The SMILES string of the molecule is CN1CCCCC1Cc1cn2c(n1)CCC(N)C2. The number of likely N-dealkylation sites (N-methyl/N-ethyl adjacent to an activating group) is 1. The molecule has 3 heterocycles. The first-order valence-corrected chi connectivity index (χ1v) is 7.23. The number of hydrogen-bond acceptors (Lipinski definition) is 3. The van der Waals surface area contributed by atoms with Crippen molar-refractivity contribution >= 4 is 0 Å². The van der Waals surface area contributed by atoms with Crippen LogP contribution in [0, 0.1) is 0 Å². The van der Waals surface area contributed by atoms with E-state index in [0.717, 1.165) is 25.8 Å². The van der Waals surface area contributed by atoms with E-state index in [9.17, 15) is 0 Å². The monoisotopic (exact) mass is 248 g/mol. The maximum atomic E-state index is 6.01. The van der Waals surface area contributed by atoms with Gasteiger partial charge in [-0.2, -0.15) is 0 Å². The summed E-state index contributed by atoms with van der Waals surface area (Å²) in [4.78, 5) is 7.29. The second kappa shape index (κ2) is 5.02. The standard InChI is InChI=1S/C14H24N4/c1-17-7-3-2-4-13(17)8-12-10-18-9-11(15)5-6-14(18)16-12/h10-11,13H,2-9,15H2,1H3. The first kappa shape index (κ1) is 12.2. The van der Waals surface area contributed by atoms with Crippen molar-refractivity contribution < 1.29 is 0 Å². The Hall–Kier alpha value is -0.870. The summed E-state index contributed by atoms with van der Waals surface area (Å²) >= 11 is 0. The topological polar surface area (TPSA) is 47.1 Å². The van der Waals surface area contributed by atoms with Crippen LogP contribution in [0.1, 0.15) is 37.2 Å². The molecule has 3 rings (SSSR count). The van der Waals surface area contributed by atoms with E-state index < -0.39 is 0 Å². The third kappa shape index (κ3) is 2.45. The molecule has 2 unspecified atom stereocenters. The van der Waals surface area contributed by atoms with Gasteiger partial charge in [0.05, 0.1) is 5.69 Å². The zero-order valence-electron chi connectivity index (χ0n) is 11.3. The molecule has 18 heavy (non-hydrogen) atoms. The van der Waals surface area contributed by atoms with Gasteiger partial charge in [-0.25, -0.2) is 4.98 Å². The van der Waals surface area contributed by atoms with Gasteiger partial charge in [0.1, 0.15) is 5.82 Å². The highest BCUT2D eigenvalue weighted by Crippen LogP contribution is 2.20. The lowest BCUT2D eigenvalue weighted by molar-refractivity contribution is 0.184. The van der Waals surface area contributed by atoms with Gasteiger partial charge in [-0.1, -0.05) is 6.42 Å². The smallest absolute Gasteiger partial charge is 0.109 e. The third-order valence-corrected chi connectivity index (χ3v) is 4.45. The summed E-state index contributed by atoms with van der Waals surface area (Å²) in [7, 11) is 2.25. The average Bonchev–Trinajstić information content (AvgIpc) is 2.73. The Morgan fingerprint density at radius 2 is 2.28 bits per heavy atom. The molecule has 1 saturated heterocycles. The zero-order chi connectivity index (χ0) is 12.5. The van der Waals surface area contributed by atoms with E-state index in [1.165, 1.54) is 37.3 Å². The van der Waals surface area contributed by atoms with Crippen molar-refractivity contribution in [1.82, 2.24) is 14.5 Å². The highest BCUT2D eigenvalue weighted by molar-refractivity contribution is 5.09. The molecule has 4 nitrogen and oxygen atoms in total. The number of fused-ring (bicyclic) bond motifs is 1. The Bertz CT molecular complexity index is 412. The molecule has 4 heteroatoms. The molecule has 0 bridgehead atoms. The van der Waals surface area contributed by atoms with Crippen LogP contribution in [0.3, 0.4) is 0 Å². The van der Waals surface area contributed by atoms with Crippen LogP contribution in [0.25, 0.3) is 0 Å². The normalized spacial score (nSPS) is 29.2.